The first-order chi connectivity index (χ1) is 17.3. The monoisotopic (exact) mass is 525 g/mol. The molecule has 2 aromatic carbocycles. The van der Waals surface area contributed by atoms with E-state index in [2.05, 4.69) is 10.6 Å². The van der Waals surface area contributed by atoms with Gasteiger partial charge in [0.1, 0.15) is 12.3 Å². The van der Waals surface area contributed by atoms with Gasteiger partial charge in [-0.05, 0) is 63.1 Å². The molecule has 3 aromatic rings. The Morgan fingerprint density at radius 2 is 1.83 bits per heavy atom. The summed E-state index contributed by atoms with van der Waals surface area (Å²) < 4.78 is 7.14. The van der Waals surface area contributed by atoms with Crippen molar-refractivity contribution in [1.29, 1.82) is 0 Å². The van der Waals surface area contributed by atoms with Gasteiger partial charge in [0.25, 0.3) is 11.5 Å². The molecule has 7 nitrogen and oxygen atoms in total. The number of pyridine rings is 1. The summed E-state index contributed by atoms with van der Waals surface area (Å²) in [6, 6.07) is 17.1. The van der Waals surface area contributed by atoms with Crippen molar-refractivity contribution in [2.45, 2.75) is 55.6 Å². The summed E-state index contributed by atoms with van der Waals surface area (Å²) in [5, 5.41) is 6.19. The number of carbonyl (C=O) groups excluding carboxylic acids is 2. The zero-order valence-electron chi connectivity index (χ0n) is 20.2. The Morgan fingerprint density at radius 3 is 2.56 bits per heavy atom. The average molecular weight is 526 g/mol. The molecular weight excluding hydrogens is 498 g/mol. The van der Waals surface area contributed by atoms with Gasteiger partial charge in [0, 0.05) is 44.2 Å². The Kier molecular flexibility index (Phi) is 8.38. The Labute approximate surface area is 219 Å². The number of ether oxygens (including phenoxy) is 1. The third-order valence-corrected chi connectivity index (χ3v) is 7.16. The van der Waals surface area contributed by atoms with Crippen LogP contribution in [0.4, 0.5) is 0 Å². The van der Waals surface area contributed by atoms with Crippen LogP contribution in [0.25, 0.3) is 0 Å². The van der Waals surface area contributed by atoms with E-state index in [4.69, 9.17) is 16.3 Å². The zero-order chi connectivity index (χ0) is 25.7. The van der Waals surface area contributed by atoms with Crippen LogP contribution < -0.4 is 20.9 Å². The molecule has 0 radical (unpaired) electrons. The van der Waals surface area contributed by atoms with Gasteiger partial charge in [0.2, 0.25) is 5.91 Å². The molecule has 0 saturated heterocycles. The summed E-state index contributed by atoms with van der Waals surface area (Å²) in [4.78, 5) is 39.7. The lowest BCUT2D eigenvalue weighted by molar-refractivity contribution is -0.123. The highest BCUT2D eigenvalue weighted by molar-refractivity contribution is 7.99. The number of aryl methyl sites for hydroxylation is 1. The summed E-state index contributed by atoms with van der Waals surface area (Å²) in [5.41, 5.74) is 1.74. The van der Waals surface area contributed by atoms with Crippen LogP contribution in [0.15, 0.2) is 69.2 Å². The standard InChI is InChI=1S/C27H28ClN3O4S/c1-17-12-24(36-22-6-4-3-5-7-22)18(2)27(34)31(17)15-25(32)29-14-19-13-20(28)8-11-23(19)35-16-26(33)30-21-9-10-21/h3-8,11-13,21H,9-10,14-16H2,1-2H3,(H,29,32)(H,30,33). The highest BCUT2D eigenvalue weighted by atomic mass is 35.5. The summed E-state index contributed by atoms with van der Waals surface area (Å²) in [5.74, 6) is -0.0286. The molecule has 1 aromatic heterocycles. The van der Waals surface area contributed by atoms with E-state index in [0.717, 1.165) is 22.6 Å². The van der Waals surface area contributed by atoms with Gasteiger partial charge in [0.05, 0.1) is 0 Å². The molecule has 2 N–H and O–H groups in total. The lowest BCUT2D eigenvalue weighted by Gasteiger charge is -2.15. The fourth-order valence-corrected chi connectivity index (χ4v) is 4.83. The van der Waals surface area contributed by atoms with Crippen LogP contribution in [0.1, 0.15) is 29.7 Å². The van der Waals surface area contributed by atoms with Crippen molar-refractivity contribution < 1.29 is 14.3 Å². The van der Waals surface area contributed by atoms with Crippen LogP contribution in [0.5, 0.6) is 5.75 Å². The van der Waals surface area contributed by atoms with Crippen molar-refractivity contribution in [3.8, 4) is 5.75 Å². The van der Waals surface area contributed by atoms with Crippen molar-refractivity contribution in [3.05, 3.63) is 86.8 Å². The summed E-state index contributed by atoms with van der Waals surface area (Å²) in [6.45, 7) is 3.52. The van der Waals surface area contributed by atoms with Crippen molar-refractivity contribution in [3.63, 3.8) is 0 Å². The third kappa shape index (κ3) is 6.92. The predicted octanol–water partition coefficient (Wildman–Crippen LogP) is 4.24. The molecule has 0 spiro atoms. The molecule has 36 heavy (non-hydrogen) atoms. The molecule has 0 atom stereocenters. The van der Waals surface area contributed by atoms with E-state index in [9.17, 15) is 14.4 Å². The predicted molar refractivity (Wildman–Crippen MR) is 141 cm³/mol. The van der Waals surface area contributed by atoms with Gasteiger partial charge in [-0.1, -0.05) is 41.6 Å². The van der Waals surface area contributed by atoms with Crippen molar-refractivity contribution in [2.24, 2.45) is 0 Å². The van der Waals surface area contributed by atoms with E-state index in [1.54, 1.807) is 25.1 Å². The molecule has 2 amide bonds. The average Bonchev–Trinajstić information content (AvgIpc) is 3.67. The fourth-order valence-electron chi connectivity index (χ4n) is 3.62. The lowest BCUT2D eigenvalue weighted by atomic mass is 10.2. The Morgan fingerprint density at radius 1 is 1.08 bits per heavy atom. The van der Waals surface area contributed by atoms with Gasteiger partial charge in [-0.15, -0.1) is 0 Å². The topological polar surface area (TPSA) is 89.4 Å². The Bertz CT molecular complexity index is 1320. The van der Waals surface area contributed by atoms with Gasteiger partial charge in [0.15, 0.2) is 6.61 Å². The van der Waals surface area contributed by atoms with E-state index in [0.29, 0.717) is 27.6 Å². The molecule has 9 heteroatoms. The number of aromatic nitrogens is 1. The molecule has 4 rings (SSSR count). The van der Waals surface area contributed by atoms with Gasteiger partial charge < -0.3 is 19.9 Å². The number of carbonyl (C=O) groups is 2. The first-order valence-corrected chi connectivity index (χ1v) is 12.9. The van der Waals surface area contributed by atoms with Crippen LogP contribution in [-0.2, 0) is 22.7 Å². The second kappa shape index (κ2) is 11.7. The molecule has 1 fully saturated rings. The van der Waals surface area contributed by atoms with Gasteiger partial charge >= 0.3 is 0 Å². The number of nitrogens with zero attached hydrogens (tertiary/aromatic N) is 1. The summed E-state index contributed by atoms with van der Waals surface area (Å²) in [6.07, 6.45) is 2.00. The van der Waals surface area contributed by atoms with Crippen molar-refractivity contribution in [1.82, 2.24) is 15.2 Å². The molecular formula is C27H28ClN3O4S. The van der Waals surface area contributed by atoms with Crippen LogP contribution >= 0.6 is 23.4 Å². The summed E-state index contributed by atoms with van der Waals surface area (Å²) >= 11 is 7.66. The van der Waals surface area contributed by atoms with E-state index in [1.807, 2.05) is 43.3 Å². The molecule has 188 valence electrons. The quantitative estimate of drug-likeness (QED) is 0.413. The Balaban J connectivity index is 1.39. The fraction of sp³-hybridized carbons (Fsp3) is 0.296. The minimum absolute atomic E-state index is 0.109. The zero-order valence-corrected chi connectivity index (χ0v) is 21.7. The normalized spacial score (nSPS) is 12.8. The number of hydrogen-bond acceptors (Lipinski definition) is 5. The highest BCUT2D eigenvalue weighted by Gasteiger charge is 2.23. The SMILES string of the molecule is Cc1c(Sc2ccccc2)cc(C)n(CC(=O)NCc2cc(Cl)ccc2OCC(=O)NC2CC2)c1=O. The van der Waals surface area contributed by atoms with E-state index < -0.39 is 0 Å². The minimum atomic E-state index is -0.319. The maximum absolute atomic E-state index is 13.0. The van der Waals surface area contributed by atoms with Crippen molar-refractivity contribution in [2.75, 3.05) is 6.61 Å². The van der Waals surface area contributed by atoms with Crippen LogP contribution in [0, 0.1) is 13.8 Å². The number of nitrogens with one attached hydrogen (secondary N) is 2. The number of benzene rings is 2. The number of rotatable bonds is 10. The lowest BCUT2D eigenvalue weighted by Crippen LogP contribution is -2.34. The second-order valence-corrected chi connectivity index (χ2v) is 10.3. The van der Waals surface area contributed by atoms with E-state index in [1.165, 1.54) is 16.3 Å². The largest absolute Gasteiger partial charge is 0.483 e. The van der Waals surface area contributed by atoms with Crippen LogP contribution in [0.3, 0.4) is 0 Å². The van der Waals surface area contributed by atoms with Crippen molar-refractivity contribution >= 4 is 35.2 Å². The summed E-state index contributed by atoms with van der Waals surface area (Å²) in [7, 11) is 0. The van der Waals surface area contributed by atoms with E-state index in [-0.39, 0.29) is 43.1 Å². The molecule has 1 saturated carbocycles. The smallest absolute Gasteiger partial charge is 0.258 e. The maximum atomic E-state index is 13.0. The Hall–Kier alpha value is -3.23. The van der Waals surface area contributed by atoms with Gasteiger partial charge in [-0.3, -0.25) is 14.4 Å². The van der Waals surface area contributed by atoms with Crippen LogP contribution in [-0.4, -0.2) is 29.0 Å². The van der Waals surface area contributed by atoms with E-state index >= 15 is 0 Å². The molecule has 1 aliphatic carbocycles. The second-order valence-electron chi connectivity index (χ2n) is 8.74. The first-order valence-electron chi connectivity index (χ1n) is 11.7. The number of hydrogen-bond donors (Lipinski definition) is 2. The number of halogens is 1. The maximum Gasteiger partial charge on any atom is 0.258 e. The first kappa shape index (κ1) is 25.9. The third-order valence-electron chi connectivity index (χ3n) is 5.77. The van der Waals surface area contributed by atoms with Gasteiger partial charge in [-0.2, -0.15) is 0 Å². The molecule has 0 aliphatic heterocycles. The minimum Gasteiger partial charge on any atom is -0.483 e. The molecule has 1 heterocycles. The number of amides is 2. The molecule has 1 aliphatic rings. The van der Waals surface area contributed by atoms with Gasteiger partial charge in [-0.25, -0.2) is 0 Å². The molecule has 0 bridgehead atoms. The van der Waals surface area contributed by atoms with Crippen LogP contribution in [0.2, 0.25) is 5.02 Å². The molecule has 0 unspecified atom stereocenters. The highest BCUT2D eigenvalue weighted by Crippen LogP contribution is 2.29.